The van der Waals surface area contributed by atoms with Gasteiger partial charge in [0.2, 0.25) is 0 Å². The van der Waals surface area contributed by atoms with Crippen LogP contribution in [0.3, 0.4) is 0 Å². The van der Waals surface area contributed by atoms with Crippen molar-refractivity contribution in [1.29, 1.82) is 0 Å². The third-order valence-corrected chi connectivity index (χ3v) is 5.68. The fraction of sp³-hybridized carbons (Fsp3) is 0.429. The summed E-state index contributed by atoms with van der Waals surface area (Å²) < 4.78 is 51.0. The average Bonchev–Trinajstić information content (AvgIpc) is 2.81. The summed E-state index contributed by atoms with van der Waals surface area (Å²) in [5, 5.41) is 0. The van der Waals surface area contributed by atoms with E-state index in [-0.39, 0.29) is 5.92 Å². The van der Waals surface area contributed by atoms with Crippen LogP contribution in [0.25, 0.3) is 0 Å². The zero-order valence-electron chi connectivity index (χ0n) is 16.2. The molecule has 2 aromatic carbocycles. The molecule has 0 amide bonds. The Morgan fingerprint density at radius 1 is 0.852 bits per heavy atom. The summed E-state index contributed by atoms with van der Waals surface area (Å²) in [5.41, 5.74) is 1.01. The molecule has 144 valence electrons. The van der Waals surface area contributed by atoms with Gasteiger partial charge in [0.25, 0.3) is 0 Å². The highest BCUT2D eigenvalue weighted by Gasteiger charge is 2.51. The maximum Gasteiger partial charge on any atom is 0.494 e. The van der Waals surface area contributed by atoms with E-state index in [1.54, 1.807) is 6.07 Å². The van der Waals surface area contributed by atoms with Gasteiger partial charge in [-0.15, -0.1) is 0 Å². The summed E-state index contributed by atoms with van der Waals surface area (Å²) in [4.78, 5) is 0. The van der Waals surface area contributed by atoms with Gasteiger partial charge in [0.1, 0.15) is 0 Å². The van der Waals surface area contributed by atoms with Crippen LogP contribution in [0.2, 0.25) is 0 Å². The first-order valence-electron chi connectivity index (χ1n) is 9.03. The predicted octanol–water partition coefficient (Wildman–Crippen LogP) is 5.16. The fourth-order valence-corrected chi connectivity index (χ4v) is 3.10. The number of rotatable bonds is 3. The van der Waals surface area contributed by atoms with Gasteiger partial charge in [-0.1, -0.05) is 49.4 Å². The second-order valence-corrected chi connectivity index (χ2v) is 8.10. The van der Waals surface area contributed by atoms with E-state index in [4.69, 9.17) is 9.31 Å². The zero-order chi connectivity index (χ0) is 20.0. The lowest BCUT2D eigenvalue weighted by atomic mass is 9.78. The predicted molar refractivity (Wildman–Crippen MR) is 101 cm³/mol. The fourth-order valence-electron chi connectivity index (χ4n) is 3.10. The Morgan fingerprint density at radius 3 is 1.93 bits per heavy atom. The number of halogens is 3. The molecule has 1 unspecified atom stereocenters. The van der Waals surface area contributed by atoms with Crippen LogP contribution in [0, 0.1) is 0 Å². The Balaban J connectivity index is 1.80. The molecule has 2 aromatic rings. The molecule has 1 aliphatic heterocycles. The minimum atomic E-state index is -4.34. The molecule has 1 fully saturated rings. The maximum absolute atomic E-state index is 13.0. The monoisotopic (exact) mass is 376 g/mol. The molecule has 6 heteroatoms. The van der Waals surface area contributed by atoms with Gasteiger partial charge in [-0.05, 0) is 50.4 Å². The second-order valence-electron chi connectivity index (χ2n) is 8.10. The standard InChI is InChI=1S/C21H24BF3O2/c1-14(16-7-6-8-17(13-16)21(23,24)25)15-9-11-18(12-10-15)22-26-19(2,3)20(4,5)27-22/h6-14H,1-5H3. The van der Waals surface area contributed by atoms with E-state index in [9.17, 15) is 13.2 Å². The highest BCUT2D eigenvalue weighted by Crippen LogP contribution is 2.37. The van der Waals surface area contributed by atoms with Crippen LogP contribution < -0.4 is 5.46 Å². The van der Waals surface area contributed by atoms with Gasteiger partial charge in [-0.25, -0.2) is 0 Å². The summed E-state index contributed by atoms with van der Waals surface area (Å²) in [5.74, 6) is -0.153. The van der Waals surface area contributed by atoms with Crippen molar-refractivity contribution in [1.82, 2.24) is 0 Å². The minimum Gasteiger partial charge on any atom is -0.399 e. The molecule has 0 saturated carbocycles. The Hall–Kier alpha value is -1.79. The molecule has 0 aromatic heterocycles. The third-order valence-electron chi connectivity index (χ3n) is 5.68. The van der Waals surface area contributed by atoms with Gasteiger partial charge in [-0.2, -0.15) is 13.2 Å². The third kappa shape index (κ3) is 3.92. The van der Waals surface area contributed by atoms with Crippen LogP contribution in [0.1, 0.15) is 57.2 Å². The quantitative estimate of drug-likeness (QED) is 0.690. The van der Waals surface area contributed by atoms with E-state index < -0.39 is 30.1 Å². The Bertz CT molecular complexity index is 797. The maximum atomic E-state index is 13.0. The van der Waals surface area contributed by atoms with Gasteiger partial charge >= 0.3 is 13.3 Å². The van der Waals surface area contributed by atoms with Crippen LogP contribution in [-0.4, -0.2) is 18.3 Å². The summed E-state index contributed by atoms with van der Waals surface area (Å²) in [6, 6.07) is 13.2. The molecular weight excluding hydrogens is 352 g/mol. The van der Waals surface area contributed by atoms with Crippen molar-refractivity contribution in [3.63, 3.8) is 0 Å². The summed E-state index contributed by atoms with van der Waals surface area (Å²) >= 11 is 0. The number of hydrogen-bond donors (Lipinski definition) is 0. The van der Waals surface area contributed by atoms with Crippen molar-refractivity contribution in [2.75, 3.05) is 0 Å². The highest BCUT2D eigenvalue weighted by molar-refractivity contribution is 6.62. The van der Waals surface area contributed by atoms with Crippen molar-refractivity contribution >= 4 is 12.6 Å². The Labute approximate surface area is 158 Å². The van der Waals surface area contributed by atoms with E-state index in [1.165, 1.54) is 12.1 Å². The molecule has 3 rings (SSSR count). The number of benzene rings is 2. The van der Waals surface area contributed by atoms with Crippen LogP contribution in [0.15, 0.2) is 48.5 Å². The molecule has 1 atom stereocenters. The van der Waals surface area contributed by atoms with E-state index in [1.807, 2.05) is 58.9 Å². The largest absolute Gasteiger partial charge is 0.494 e. The minimum absolute atomic E-state index is 0.153. The van der Waals surface area contributed by atoms with Gasteiger partial charge < -0.3 is 9.31 Å². The first-order chi connectivity index (χ1) is 12.4. The van der Waals surface area contributed by atoms with Gasteiger partial charge in [0.05, 0.1) is 16.8 Å². The van der Waals surface area contributed by atoms with Crippen molar-refractivity contribution in [2.45, 2.75) is 57.9 Å². The molecule has 0 bridgehead atoms. The lowest BCUT2D eigenvalue weighted by molar-refractivity contribution is -0.137. The molecule has 2 nitrogen and oxygen atoms in total. The molecule has 0 radical (unpaired) electrons. The van der Waals surface area contributed by atoms with Crippen molar-refractivity contribution in [2.24, 2.45) is 0 Å². The Kier molecular flexibility index (Phi) is 4.94. The molecule has 1 saturated heterocycles. The Morgan fingerprint density at radius 2 is 1.41 bits per heavy atom. The van der Waals surface area contributed by atoms with Crippen molar-refractivity contribution in [3.05, 3.63) is 65.2 Å². The summed E-state index contributed by atoms with van der Waals surface area (Å²) in [7, 11) is -0.451. The molecular formula is C21H24BF3O2. The van der Waals surface area contributed by atoms with E-state index >= 15 is 0 Å². The first kappa shape index (κ1) is 20.0. The average molecular weight is 376 g/mol. The van der Waals surface area contributed by atoms with Crippen LogP contribution in [0.4, 0.5) is 13.2 Å². The van der Waals surface area contributed by atoms with E-state index in [0.717, 1.165) is 17.1 Å². The highest BCUT2D eigenvalue weighted by atomic mass is 19.4. The molecule has 0 aliphatic carbocycles. The smallest absolute Gasteiger partial charge is 0.399 e. The number of alkyl halides is 3. The van der Waals surface area contributed by atoms with Crippen molar-refractivity contribution in [3.8, 4) is 0 Å². The normalized spacial score (nSPS) is 19.9. The van der Waals surface area contributed by atoms with E-state index in [0.29, 0.717) is 5.56 Å². The lowest BCUT2D eigenvalue weighted by Crippen LogP contribution is -2.41. The molecule has 0 N–H and O–H groups in total. The lowest BCUT2D eigenvalue weighted by Gasteiger charge is -2.32. The van der Waals surface area contributed by atoms with Gasteiger partial charge in [0.15, 0.2) is 0 Å². The first-order valence-corrected chi connectivity index (χ1v) is 9.03. The SMILES string of the molecule is CC(c1ccc(B2OC(C)(C)C(C)(C)O2)cc1)c1cccc(C(F)(F)F)c1. The van der Waals surface area contributed by atoms with E-state index in [2.05, 4.69) is 0 Å². The topological polar surface area (TPSA) is 18.5 Å². The molecule has 0 spiro atoms. The summed E-state index contributed by atoms with van der Waals surface area (Å²) in [6.45, 7) is 9.89. The van der Waals surface area contributed by atoms with Gasteiger partial charge in [0, 0.05) is 5.92 Å². The van der Waals surface area contributed by atoms with Crippen molar-refractivity contribution < 1.29 is 22.5 Å². The van der Waals surface area contributed by atoms with Crippen LogP contribution >= 0.6 is 0 Å². The molecule has 27 heavy (non-hydrogen) atoms. The van der Waals surface area contributed by atoms with Crippen LogP contribution in [0.5, 0.6) is 0 Å². The number of hydrogen-bond acceptors (Lipinski definition) is 2. The van der Waals surface area contributed by atoms with Gasteiger partial charge in [-0.3, -0.25) is 0 Å². The second kappa shape index (κ2) is 6.68. The molecule has 1 heterocycles. The molecule has 1 aliphatic rings. The zero-order valence-corrected chi connectivity index (χ0v) is 16.2. The summed E-state index contributed by atoms with van der Waals surface area (Å²) in [6.07, 6.45) is -4.34. The van der Waals surface area contributed by atoms with Crippen LogP contribution in [-0.2, 0) is 15.5 Å².